The molecule has 0 spiro atoms. The molecule has 0 radical (unpaired) electrons. The third kappa shape index (κ3) is 3.12. The summed E-state index contributed by atoms with van der Waals surface area (Å²) in [7, 11) is -7.60. The summed E-state index contributed by atoms with van der Waals surface area (Å²) in [5.41, 5.74) is 0. The molecule has 0 aliphatic heterocycles. The van der Waals surface area contributed by atoms with Gasteiger partial charge in [-0.05, 0) is 34.1 Å². The van der Waals surface area contributed by atoms with Gasteiger partial charge in [0.25, 0.3) is 0 Å². The van der Waals surface area contributed by atoms with Gasteiger partial charge in [-0.25, -0.2) is 0 Å². The lowest BCUT2D eigenvalue weighted by atomic mass is 10.5. The van der Waals surface area contributed by atoms with Crippen molar-refractivity contribution >= 4 is 15.2 Å². The fourth-order valence-corrected chi connectivity index (χ4v) is 8.33. The number of nitriles is 1. The average molecular weight is 339 g/mol. The molecule has 0 N–H and O–H groups in total. The maximum Gasteiger partial charge on any atom is 0.350 e. The summed E-state index contributed by atoms with van der Waals surface area (Å²) >= 11 is 0. The fourth-order valence-electron chi connectivity index (χ4n) is 2.35. The van der Waals surface area contributed by atoms with Crippen LogP contribution in [0.3, 0.4) is 0 Å². The Bertz CT molecular complexity index is 439. The van der Waals surface area contributed by atoms with E-state index in [0.29, 0.717) is 0 Å². The molecule has 9 heteroatoms. The Kier molecular flexibility index (Phi) is 6.61. The third-order valence-corrected chi connectivity index (χ3v) is 9.95. The Balaban J connectivity index is 3.34. The normalized spacial score (nSPS) is 21.0. The molecule has 0 aromatic rings. The highest BCUT2D eigenvalue weighted by molar-refractivity contribution is 7.75. The van der Waals surface area contributed by atoms with E-state index in [9.17, 15) is 14.4 Å². The summed E-state index contributed by atoms with van der Waals surface area (Å²) in [6.45, 7) is 7.13. The Hall–Kier alpha value is -0.210. The van der Waals surface area contributed by atoms with Crippen LogP contribution in [0.4, 0.5) is 0 Å². The van der Waals surface area contributed by atoms with E-state index in [4.69, 9.17) is 18.1 Å². The highest BCUT2D eigenvalue weighted by atomic mass is 31.2. The molecular weight excluding hydrogens is 316 g/mol. The topological polar surface area (TPSA) is 94.8 Å². The van der Waals surface area contributed by atoms with Crippen LogP contribution in [-0.4, -0.2) is 31.3 Å². The summed E-state index contributed by atoms with van der Waals surface area (Å²) in [6.07, 6.45) is 0.123. The second kappa shape index (κ2) is 7.37. The molecule has 1 fully saturated rings. The molecule has 21 heavy (non-hydrogen) atoms. The third-order valence-electron chi connectivity index (χ3n) is 3.20. The van der Waals surface area contributed by atoms with E-state index in [1.165, 1.54) is 0 Å². The van der Waals surface area contributed by atoms with Crippen LogP contribution in [0.15, 0.2) is 0 Å². The van der Waals surface area contributed by atoms with Crippen molar-refractivity contribution < 1.29 is 27.2 Å². The first kappa shape index (κ1) is 18.8. The summed E-state index contributed by atoms with van der Waals surface area (Å²) in [4.78, 5) is -1.51. The molecule has 1 unspecified atom stereocenters. The summed E-state index contributed by atoms with van der Waals surface area (Å²) < 4.78 is 47.5. The van der Waals surface area contributed by atoms with E-state index >= 15 is 0 Å². The number of hydrogen-bond donors (Lipinski definition) is 0. The van der Waals surface area contributed by atoms with Gasteiger partial charge in [-0.2, -0.15) is 5.26 Å². The van der Waals surface area contributed by atoms with E-state index in [0.717, 1.165) is 0 Å². The predicted molar refractivity (Wildman–Crippen MR) is 78.2 cm³/mol. The van der Waals surface area contributed by atoms with Gasteiger partial charge in [0.05, 0.1) is 38.4 Å². The molecule has 1 saturated carbocycles. The minimum Gasteiger partial charge on any atom is -0.308 e. The van der Waals surface area contributed by atoms with Crippen LogP contribution in [0.2, 0.25) is 0 Å². The van der Waals surface area contributed by atoms with Crippen molar-refractivity contribution in [2.45, 2.75) is 39.0 Å². The molecule has 1 atom stereocenters. The second-order valence-corrected chi connectivity index (χ2v) is 9.40. The largest absolute Gasteiger partial charge is 0.350 e. The first-order valence-electron chi connectivity index (χ1n) is 7.09. The van der Waals surface area contributed by atoms with E-state index in [1.54, 1.807) is 27.7 Å². The van der Waals surface area contributed by atoms with Gasteiger partial charge >= 0.3 is 15.2 Å². The quantitative estimate of drug-likeness (QED) is 0.559. The molecule has 0 aromatic heterocycles. The lowest BCUT2D eigenvalue weighted by molar-refractivity contribution is 0.191. The maximum atomic E-state index is 13.1. The van der Waals surface area contributed by atoms with Gasteiger partial charge in [0, 0.05) is 0 Å². The smallest absolute Gasteiger partial charge is 0.308 e. The van der Waals surface area contributed by atoms with E-state index in [-0.39, 0.29) is 32.8 Å². The molecule has 0 saturated heterocycles. The molecule has 1 aliphatic carbocycles. The van der Waals surface area contributed by atoms with Crippen LogP contribution in [0, 0.1) is 17.2 Å². The molecule has 0 bridgehead atoms. The summed E-state index contributed by atoms with van der Waals surface area (Å²) in [5.74, 6) is -0.731. The monoisotopic (exact) mass is 339 g/mol. The van der Waals surface area contributed by atoms with Gasteiger partial charge in [-0.1, -0.05) is 0 Å². The summed E-state index contributed by atoms with van der Waals surface area (Å²) in [5, 5.41) is 9.23. The summed E-state index contributed by atoms with van der Waals surface area (Å²) in [6, 6.07) is 2.01. The van der Waals surface area contributed by atoms with Gasteiger partial charge < -0.3 is 18.1 Å². The standard InChI is InChI=1S/C12H23NO6P2/c1-5-16-20(14,17-6-2)12(9-11(12)10-13)21(15,18-7-3)19-8-4/h11H,5-9H2,1-4H3. The maximum absolute atomic E-state index is 13.1. The highest BCUT2D eigenvalue weighted by Crippen LogP contribution is 2.89. The Morgan fingerprint density at radius 1 is 0.952 bits per heavy atom. The van der Waals surface area contributed by atoms with Gasteiger partial charge in [-0.3, -0.25) is 9.13 Å². The Morgan fingerprint density at radius 2 is 1.29 bits per heavy atom. The van der Waals surface area contributed by atoms with Crippen LogP contribution >= 0.6 is 15.2 Å². The molecule has 0 amide bonds. The van der Waals surface area contributed by atoms with Crippen molar-refractivity contribution in [1.29, 1.82) is 5.26 Å². The van der Waals surface area contributed by atoms with Crippen LogP contribution < -0.4 is 0 Å². The van der Waals surface area contributed by atoms with Crippen molar-refractivity contribution in [3.8, 4) is 6.07 Å². The molecule has 0 heterocycles. The first-order valence-corrected chi connectivity index (χ1v) is 10.2. The zero-order valence-corrected chi connectivity index (χ0v) is 14.7. The van der Waals surface area contributed by atoms with Crippen molar-refractivity contribution in [3.63, 3.8) is 0 Å². The van der Waals surface area contributed by atoms with Gasteiger partial charge in [0.2, 0.25) is 0 Å². The van der Waals surface area contributed by atoms with Crippen LogP contribution in [0.25, 0.3) is 0 Å². The Morgan fingerprint density at radius 3 is 1.48 bits per heavy atom. The van der Waals surface area contributed by atoms with Gasteiger partial charge in [-0.15, -0.1) is 0 Å². The van der Waals surface area contributed by atoms with E-state index in [2.05, 4.69) is 0 Å². The second-order valence-electron chi connectivity index (χ2n) is 4.43. The SMILES string of the molecule is CCOP(=O)(OCC)C1(P(=O)(OCC)OCC)CC1C#N. The van der Waals surface area contributed by atoms with Crippen molar-refractivity contribution in [1.82, 2.24) is 0 Å². The number of hydrogen-bond acceptors (Lipinski definition) is 7. The van der Waals surface area contributed by atoms with Crippen molar-refractivity contribution in [2.24, 2.45) is 5.92 Å². The average Bonchev–Trinajstić information content (AvgIpc) is 3.16. The Labute approximate surface area is 126 Å². The van der Waals surface area contributed by atoms with Crippen LogP contribution in [0.5, 0.6) is 0 Å². The number of nitrogens with zero attached hydrogens (tertiary/aromatic N) is 1. The zero-order valence-electron chi connectivity index (χ0n) is 12.9. The lowest BCUT2D eigenvalue weighted by Crippen LogP contribution is -2.21. The predicted octanol–water partition coefficient (Wildman–Crippen LogP) is 3.76. The molecule has 1 rings (SSSR count). The van der Waals surface area contributed by atoms with Crippen molar-refractivity contribution in [2.75, 3.05) is 26.4 Å². The van der Waals surface area contributed by atoms with Crippen molar-refractivity contribution in [3.05, 3.63) is 0 Å². The van der Waals surface area contributed by atoms with Gasteiger partial charge in [0.15, 0.2) is 4.90 Å². The molecule has 7 nitrogen and oxygen atoms in total. The zero-order chi connectivity index (χ0) is 16.1. The minimum atomic E-state index is -3.80. The first-order chi connectivity index (χ1) is 9.91. The molecule has 122 valence electrons. The number of rotatable bonds is 10. The molecule has 0 aromatic carbocycles. The fraction of sp³-hybridized carbons (Fsp3) is 0.917. The van der Waals surface area contributed by atoms with E-state index in [1.807, 2.05) is 6.07 Å². The highest BCUT2D eigenvalue weighted by Gasteiger charge is 2.80. The van der Waals surface area contributed by atoms with E-state index < -0.39 is 26.0 Å². The lowest BCUT2D eigenvalue weighted by Gasteiger charge is -2.31. The van der Waals surface area contributed by atoms with Gasteiger partial charge in [0.1, 0.15) is 0 Å². The molecule has 1 aliphatic rings. The van der Waals surface area contributed by atoms with Crippen LogP contribution in [-0.2, 0) is 27.2 Å². The molecular formula is C12H23NO6P2. The minimum absolute atomic E-state index is 0.120. The van der Waals surface area contributed by atoms with Crippen LogP contribution in [0.1, 0.15) is 34.1 Å².